The van der Waals surface area contributed by atoms with Crippen molar-refractivity contribution in [3.05, 3.63) is 30.1 Å². The zero-order valence-electron chi connectivity index (χ0n) is 15.0. The number of carbonyl (C=O) groups is 1. The molecule has 1 aromatic heterocycles. The van der Waals surface area contributed by atoms with Crippen LogP contribution in [0.2, 0.25) is 0 Å². The molecule has 23 heavy (non-hydrogen) atoms. The molecule has 0 aliphatic rings. The van der Waals surface area contributed by atoms with Gasteiger partial charge < -0.3 is 15.7 Å². The van der Waals surface area contributed by atoms with Crippen LogP contribution in [-0.2, 0) is 5.41 Å². The summed E-state index contributed by atoms with van der Waals surface area (Å²) < 4.78 is 0. The quantitative estimate of drug-likeness (QED) is 0.689. The molecule has 1 rings (SSSR count). The fourth-order valence-corrected chi connectivity index (χ4v) is 2.23. The van der Waals surface area contributed by atoms with Crippen molar-refractivity contribution in [1.29, 1.82) is 0 Å². The molecule has 0 saturated carbocycles. The van der Waals surface area contributed by atoms with Gasteiger partial charge in [-0.1, -0.05) is 27.7 Å². The van der Waals surface area contributed by atoms with E-state index < -0.39 is 5.60 Å². The summed E-state index contributed by atoms with van der Waals surface area (Å²) >= 11 is 0. The lowest BCUT2D eigenvalue weighted by Crippen LogP contribution is -2.47. The number of nitrogens with one attached hydrogen (secondary N) is 2. The zero-order valence-corrected chi connectivity index (χ0v) is 15.0. The highest BCUT2D eigenvalue weighted by Crippen LogP contribution is 2.21. The Bertz CT molecular complexity index is 484. The maximum Gasteiger partial charge on any atom is 0.314 e. The average molecular weight is 321 g/mol. The third-order valence-electron chi connectivity index (χ3n) is 4.04. The molecule has 1 atom stereocenters. The maximum atomic E-state index is 12.0. The Kier molecular flexibility index (Phi) is 7.01. The molecule has 5 nitrogen and oxygen atoms in total. The molecule has 1 heterocycles. The number of amides is 2. The second kappa shape index (κ2) is 8.29. The van der Waals surface area contributed by atoms with Crippen LogP contribution in [0.15, 0.2) is 24.5 Å². The summed E-state index contributed by atoms with van der Waals surface area (Å²) in [6, 6.07) is 3.66. The van der Waals surface area contributed by atoms with Gasteiger partial charge in [-0.05, 0) is 43.4 Å². The number of aliphatic hydroxyl groups is 1. The monoisotopic (exact) mass is 321 g/mol. The van der Waals surface area contributed by atoms with Crippen molar-refractivity contribution < 1.29 is 9.90 Å². The maximum absolute atomic E-state index is 12.0. The number of hydrogen-bond donors (Lipinski definition) is 3. The van der Waals surface area contributed by atoms with Crippen LogP contribution in [0.5, 0.6) is 0 Å². The van der Waals surface area contributed by atoms with Gasteiger partial charge in [0.05, 0.1) is 5.60 Å². The highest BCUT2D eigenvalue weighted by molar-refractivity contribution is 5.74. The molecule has 0 aromatic carbocycles. The molecule has 3 N–H and O–H groups in total. The van der Waals surface area contributed by atoms with Gasteiger partial charge in [0, 0.05) is 30.9 Å². The minimum absolute atomic E-state index is 0.180. The number of pyridine rings is 1. The smallest absolute Gasteiger partial charge is 0.314 e. The van der Waals surface area contributed by atoms with Gasteiger partial charge in [-0.2, -0.15) is 0 Å². The first-order valence-corrected chi connectivity index (χ1v) is 8.27. The van der Waals surface area contributed by atoms with Gasteiger partial charge in [0.1, 0.15) is 0 Å². The molecule has 0 spiro atoms. The van der Waals surface area contributed by atoms with Crippen LogP contribution in [0.1, 0.15) is 53.0 Å². The van der Waals surface area contributed by atoms with E-state index in [1.54, 1.807) is 19.3 Å². The van der Waals surface area contributed by atoms with E-state index in [1.807, 2.05) is 12.1 Å². The number of urea groups is 1. The minimum atomic E-state index is -0.873. The van der Waals surface area contributed by atoms with E-state index in [4.69, 9.17) is 0 Å². The van der Waals surface area contributed by atoms with Gasteiger partial charge in [0.15, 0.2) is 0 Å². The Morgan fingerprint density at radius 3 is 2.30 bits per heavy atom. The predicted octanol–water partition coefficient (Wildman–Crippen LogP) is 2.85. The first-order chi connectivity index (χ1) is 10.6. The van der Waals surface area contributed by atoms with Crippen LogP contribution >= 0.6 is 0 Å². The number of rotatable bonds is 8. The molecule has 0 fully saturated rings. The second-order valence-electron chi connectivity index (χ2n) is 7.59. The van der Waals surface area contributed by atoms with Gasteiger partial charge in [-0.15, -0.1) is 0 Å². The standard InChI is InChI=1S/C18H31N3O2/c1-14(2)6-9-18(5,23)13-21-16(22)20-12-17(3,4)15-7-10-19-11-8-15/h7-8,10-11,14,23H,6,9,12-13H2,1-5H3,(H2,20,21,22). The Balaban J connectivity index is 2.39. The van der Waals surface area contributed by atoms with Crippen molar-refractivity contribution in [2.24, 2.45) is 5.92 Å². The molecule has 5 heteroatoms. The topological polar surface area (TPSA) is 74.2 Å². The molecule has 0 bridgehead atoms. The van der Waals surface area contributed by atoms with Gasteiger partial charge >= 0.3 is 6.03 Å². The van der Waals surface area contributed by atoms with E-state index in [1.165, 1.54) is 0 Å². The van der Waals surface area contributed by atoms with Crippen LogP contribution in [-0.4, -0.2) is 34.8 Å². The summed E-state index contributed by atoms with van der Waals surface area (Å²) in [6.07, 6.45) is 5.12. The largest absolute Gasteiger partial charge is 0.388 e. The Labute approximate surface area is 139 Å². The molecule has 1 unspecified atom stereocenters. The zero-order chi connectivity index (χ0) is 17.5. The van der Waals surface area contributed by atoms with Gasteiger partial charge in [-0.3, -0.25) is 4.98 Å². The molecule has 0 aliphatic carbocycles. The molecule has 0 aliphatic heterocycles. The predicted molar refractivity (Wildman–Crippen MR) is 93.4 cm³/mol. The Morgan fingerprint density at radius 1 is 1.17 bits per heavy atom. The molecular weight excluding hydrogens is 290 g/mol. The van der Waals surface area contributed by atoms with Crippen molar-refractivity contribution in [2.75, 3.05) is 13.1 Å². The van der Waals surface area contributed by atoms with Crippen LogP contribution < -0.4 is 10.6 Å². The van der Waals surface area contributed by atoms with Gasteiger partial charge in [-0.25, -0.2) is 4.79 Å². The number of nitrogens with zero attached hydrogens (tertiary/aromatic N) is 1. The van der Waals surface area contributed by atoms with Crippen molar-refractivity contribution in [3.8, 4) is 0 Å². The summed E-state index contributed by atoms with van der Waals surface area (Å²) in [5.74, 6) is 0.538. The van der Waals surface area contributed by atoms with Crippen LogP contribution in [0.25, 0.3) is 0 Å². The lowest BCUT2D eigenvalue weighted by molar-refractivity contribution is 0.0476. The number of carbonyl (C=O) groups excluding carboxylic acids is 1. The molecule has 0 saturated heterocycles. The molecule has 0 radical (unpaired) electrons. The van der Waals surface area contributed by atoms with Crippen molar-refractivity contribution >= 4 is 6.03 Å². The van der Waals surface area contributed by atoms with Crippen molar-refractivity contribution in [2.45, 2.75) is 58.5 Å². The lowest BCUT2D eigenvalue weighted by Gasteiger charge is -2.27. The highest BCUT2D eigenvalue weighted by Gasteiger charge is 2.23. The molecular formula is C18H31N3O2. The van der Waals surface area contributed by atoms with Crippen LogP contribution in [0.3, 0.4) is 0 Å². The number of aromatic nitrogens is 1. The van der Waals surface area contributed by atoms with E-state index in [2.05, 4.69) is 43.3 Å². The van der Waals surface area contributed by atoms with Crippen LogP contribution in [0.4, 0.5) is 4.79 Å². The van der Waals surface area contributed by atoms with Gasteiger partial charge in [0.2, 0.25) is 0 Å². The molecule has 1 aromatic rings. The van der Waals surface area contributed by atoms with Crippen molar-refractivity contribution in [3.63, 3.8) is 0 Å². The van der Waals surface area contributed by atoms with Crippen molar-refractivity contribution in [1.82, 2.24) is 15.6 Å². The van der Waals surface area contributed by atoms with Crippen LogP contribution in [0, 0.1) is 5.92 Å². The molecule has 130 valence electrons. The summed E-state index contributed by atoms with van der Waals surface area (Å²) in [7, 11) is 0. The lowest BCUT2D eigenvalue weighted by atomic mass is 9.85. The van der Waals surface area contributed by atoms with Gasteiger partial charge in [0.25, 0.3) is 0 Å². The summed E-state index contributed by atoms with van der Waals surface area (Å²) in [6.45, 7) is 10.9. The van der Waals surface area contributed by atoms with E-state index in [-0.39, 0.29) is 18.0 Å². The first-order valence-electron chi connectivity index (χ1n) is 8.27. The van der Waals surface area contributed by atoms with E-state index in [0.717, 1.165) is 12.0 Å². The Hall–Kier alpha value is -1.62. The van der Waals surface area contributed by atoms with E-state index >= 15 is 0 Å². The third kappa shape index (κ3) is 7.46. The average Bonchev–Trinajstić information content (AvgIpc) is 2.50. The highest BCUT2D eigenvalue weighted by atomic mass is 16.3. The Morgan fingerprint density at radius 2 is 1.74 bits per heavy atom. The summed E-state index contributed by atoms with van der Waals surface area (Å²) in [4.78, 5) is 16.0. The fourth-order valence-electron chi connectivity index (χ4n) is 2.23. The number of hydrogen-bond acceptors (Lipinski definition) is 3. The third-order valence-corrected chi connectivity index (χ3v) is 4.04. The second-order valence-corrected chi connectivity index (χ2v) is 7.59. The van der Waals surface area contributed by atoms with E-state index in [0.29, 0.717) is 18.9 Å². The summed E-state index contributed by atoms with van der Waals surface area (Å²) in [5, 5.41) is 15.9. The van der Waals surface area contributed by atoms with E-state index in [9.17, 15) is 9.90 Å². The molecule has 2 amide bonds. The fraction of sp³-hybridized carbons (Fsp3) is 0.667. The minimum Gasteiger partial charge on any atom is -0.388 e. The normalized spacial score (nSPS) is 14.4. The first kappa shape index (κ1) is 19.4. The SMILES string of the molecule is CC(C)CCC(C)(O)CNC(=O)NCC(C)(C)c1ccncc1. The summed E-state index contributed by atoms with van der Waals surface area (Å²) in [5.41, 5.74) is 0.0691.